The molecule has 0 N–H and O–H groups in total. The summed E-state index contributed by atoms with van der Waals surface area (Å²) in [6.07, 6.45) is -3.18. The van der Waals surface area contributed by atoms with Crippen LogP contribution >= 0.6 is 0 Å². The first-order valence-corrected chi connectivity index (χ1v) is 10.1. The molecule has 172 valence electrons. The van der Waals surface area contributed by atoms with Crippen LogP contribution in [0.25, 0.3) is 22.6 Å². The molecule has 0 fully saturated rings. The van der Waals surface area contributed by atoms with Gasteiger partial charge in [-0.3, -0.25) is 9.36 Å². The van der Waals surface area contributed by atoms with Gasteiger partial charge in [0.1, 0.15) is 12.9 Å². The van der Waals surface area contributed by atoms with Gasteiger partial charge in [0.2, 0.25) is 11.7 Å². The molecule has 0 saturated carbocycles. The predicted octanol–water partition coefficient (Wildman–Crippen LogP) is 3.46. The first kappa shape index (κ1) is 21.5. The molecular weight excluding hydrogens is 451 g/mol. The number of benzene rings is 2. The van der Waals surface area contributed by atoms with E-state index in [4.69, 9.17) is 4.52 Å². The summed E-state index contributed by atoms with van der Waals surface area (Å²) < 4.78 is 46.8. The van der Waals surface area contributed by atoms with Gasteiger partial charge in [-0.1, -0.05) is 52.3 Å². The van der Waals surface area contributed by atoms with Gasteiger partial charge in [-0.05, 0) is 24.6 Å². The minimum atomic E-state index is -4.49. The van der Waals surface area contributed by atoms with Gasteiger partial charge < -0.3 is 4.52 Å². The third-order valence-electron chi connectivity index (χ3n) is 5.13. The van der Waals surface area contributed by atoms with Gasteiger partial charge in [-0.15, -0.1) is 5.10 Å². The molecule has 0 radical (unpaired) electrons. The molecular formula is C22H16F3N7O2. The molecule has 0 atom stereocenters. The van der Waals surface area contributed by atoms with Crippen molar-refractivity contribution in [3.8, 4) is 11.4 Å². The molecule has 0 bridgehead atoms. The summed E-state index contributed by atoms with van der Waals surface area (Å²) >= 11 is 0. The van der Waals surface area contributed by atoms with Crippen molar-refractivity contribution >= 4 is 11.2 Å². The molecule has 2 aromatic carbocycles. The van der Waals surface area contributed by atoms with Crippen LogP contribution in [0.1, 0.15) is 22.6 Å². The number of rotatable bonds is 5. The van der Waals surface area contributed by atoms with E-state index < -0.39 is 17.3 Å². The first-order chi connectivity index (χ1) is 16.3. The van der Waals surface area contributed by atoms with Crippen LogP contribution in [0.15, 0.2) is 64.2 Å². The molecule has 5 rings (SSSR count). The summed E-state index contributed by atoms with van der Waals surface area (Å²) in [6, 6.07) is 12.5. The second-order valence-corrected chi connectivity index (χ2v) is 7.68. The van der Waals surface area contributed by atoms with Gasteiger partial charge in [0.15, 0.2) is 11.2 Å². The molecule has 0 aliphatic heterocycles. The third-order valence-corrected chi connectivity index (χ3v) is 5.13. The van der Waals surface area contributed by atoms with Crippen molar-refractivity contribution in [1.82, 2.24) is 34.7 Å². The lowest BCUT2D eigenvalue weighted by Crippen LogP contribution is -2.21. The topological polar surface area (TPSA) is 105 Å². The lowest BCUT2D eigenvalue weighted by Gasteiger charge is -2.06. The molecule has 5 aromatic rings. The number of hydrogen-bond acceptors (Lipinski definition) is 7. The Morgan fingerprint density at radius 1 is 1.06 bits per heavy atom. The van der Waals surface area contributed by atoms with Crippen LogP contribution in [0.4, 0.5) is 13.2 Å². The zero-order valence-corrected chi connectivity index (χ0v) is 17.7. The first-order valence-electron chi connectivity index (χ1n) is 10.1. The van der Waals surface area contributed by atoms with Crippen LogP contribution in [0.3, 0.4) is 0 Å². The number of nitrogens with zero attached hydrogens (tertiary/aromatic N) is 7. The lowest BCUT2D eigenvalue weighted by molar-refractivity contribution is -0.137. The van der Waals surface area contributed by atoms with E-state index in [9.17, 15) is 18.0 Å². The van der Waals surface area contributed by atoms with E-state index in [1.54, 1.807) is 0 Å². The summed E-state index contributed by atoms with van der Waals surface area (Å²) in [5, 5.41) is 11.8. The summed E-state index contributed by atoms with van der Waals surface area (Å²) in [7, 11) is 0. The maximum Gasteiger partial charge on any atom is 0.416 e. The van der Waals surface area contributed by atoms with E-state index in [0.717, 1.165) is 23.3 Å². The molecule has 34 heavy (non-hydrogen) atoms. The Kier molecular flexibility index (Phi) is 5.19. The Bertz CT molecular complexity index is 1550. The third kappa shape index (κ3) is 4.17. The number of halogens is 3. The van der Waals surface area contributed by atoms with Crippen molar-refractivity contribution in [3.63, 3.8) is 0 Å². The Labute approximate surface area is 189 Å². The second kappa shape index (κ2) is 8.21. The quantitative estimate of drug-likeness (QED) is 0.390. The Balaban J connectivity index is 1.40. The zero-order valence-electron chi connectivity index (χ0n) is 17.7. The summed E-state index contributed by atoms with van der Waals surface area (Å²) in [6.45, 7) is 2.26. The van der Waals surface area contributed by atoms with Crippen LogP contribution in [0.5, 0.6) is 0 Å². The number of alkyl halides is 3. The van der Waals surface area contributed by atoms with Crippen LogP contribution in [0, 0.1) is 6.92 Å². The molecule has 3 heterocycles. The fourth-order valence-electron chi connectivity index (χ4n) is 3.51. The largest absolute Gasteiger partial charge is 0.416 e. The molecule has 0 aliphatic carbocycles. The monoisotopic (exact) mass is 467 g/mol. The van der Waals surface area contributed by atoms with Crippen LogP contribution < -0.4 is 5.56 Å². The normalized spacial score (nSPS) is 11.9. The van der Waals surface area contributed by atoms with Crippen molar-refractivity contribution in [2.75, 3.05) is 0 Å². The van der Waals surface area contributed by atoms with E-state index in [1.165, 1.54) is 27.7 Å². The van der Waals surface area contributed by atoms with E-state index in [-0.39, 0.29) is 29.3 Å². The van der Waals surface area contributed by atoms with Crippen molar-refractivity contribution in [3.05, 3.63) is 87.8 Å². The zero-order chi connectivity index (χ0) is 23.9. The van der Waals surface area contributed by atoms with E-state index >= 15 is 0 Å². The lowest BCUT2D eigenvalue weighted by atomic mass is 10.1. The van der Waals surface area contributed by atoms with Crippen LogP contribution in [-0.2, 0) is 19.3 Å². The van der Waals surface area contributed by atoms with Gasteiger partial charge >= 0.3 is 6.18 Å². The Morgan fingerprint density at radius 3 is 2.68 bits per heavy atom. The number of fused-ring (bicyclic) bond motifs is 1. The highest BCUT2D eigenvalue weighted by Gasteiger charge is 2.30. The van der Waals surface area contributed by atoms with Gasteiger partial charge in [-0.2, -0.15) is 18.2 Å². The van der Waals surface area contributed by atoms with Gasteiger partial charge in [0, 0.05) is 5.56 Å². The summed E-state index contributed by atoms with van der Waals surface area (Å²) in [5.41, 5.74) is 1.36. The second-order valence-electron chi connectivity index (χ2n) is 7.68. The fraction of sp³-hybridized carbons (Fsp3) is 0.182. The summed E-state index contributed by atoms with van der Waals surface area (Å²) in [4.78, 5) is 21.3. The molecule has 0 unspecified atom stereocenters. The number of aromatic nitrogens is 7. The molecule has 0 amide bonds. The smallest absolute Gasteiger partial charge is 0.337 e. The maximum atomic E-state index is 13.0. The highest BCUT2D eigenvalue weighted by Crippen LogP contribution is 2.31. The van der Waals surface area contributed by atoms with E-state index in [0.29, 0.717) is 12.2 Å². The average Bonchev–Trinajstić information content (AvgIpc) is 3.43. The van der Waals surface area contributed by atoms with Crippen molar-refractivity contribution in [2.24, 2.45) is 0 Å². The van der Waals surface area contributed by atoms with Crippen LogP contribution in [0.2, 0.25) is 0 Å². The molecule has 12 heteroatoms. The molecule has 0 spiro atoms. The summed E-state index contributed by atoms with van der Waals surface area (Å²) in [5.74, 6) is 0.00935. The molecule has 0 saturated heterocycles. The number of hydrogen-bond donors (Lipinski definition) is 0. The van der Waals surface area contributed by atoms with E-state index in [1.807, 2.05) is 31.2 Å². The standard InChI is InChI=1S/C22H16F3N7O2/c1-13-4-2-5-14(8-13)10-32-20-18(28-30-32)21(33)31(12-26-20)11-17-27-19(29-34-17)15-6-3-7-16(9-15)22(23,24)25/h2-9,12H,10-11H2,1H3. The highest BCUT2D eigenvalue weighted by molar-refractivity contribution is 5.67. The molecule has 0 aliphatic rings. The van der Waals surface area contributed by atoms with Crippen molar-refractivity contribution in [2.45, 2.75) is 26.2 Å². The van der Waals surface area contributed by atoms with Gasteiger partial charge in [-0.25, -0.2) is 9.67 Å². The van der Waals surface area contributed by atoms with Crippen molar-refractivity contribution in [1.29, 1.82) is 0 Å². The highest BCUT2D eigenvalue weighted by atomic mass is 19.4. The number of aryl methyl sites for hydroxylation is 1. The Morgan fingerprint density at radius 2 is 1.88 bits per heavy atom. The SMILES string of the molecule is Cc1cccc(Cn2nnc3c(=O)n(Cc4nc(-c5cccc(C(F)(F)F)c5)no4)cnc32)c1. The predicted molar refractivity (Wildman–Crippen MR) is 114 cm³/mol. The van der Waals surface area contributed by atoms with Gasteiger partial charge in [0.05, 0.1) is 12.1 Å². The van der Waals surface area contributed by atoms with E-state index in [2.05, 4.69) is 25.4 Å². The molecule has 9 nitrogen and oxygen atoms in total. The van der Waals surface area contributed by atoms with Gasteiger partial charge in [0.25, 0.3) is 5.56 Å². The Hall–Kier alpha value is -4.35. The fourth-order valence-corrected chi connectivity index (χ4v) is 3.51. The molecule has 3 aromatic heterocycles. The minimum Gasteiger partial charge on any atom is -0.337 e. The van der Waals surface area contributed by atoms with Crippen molar-refractivity contribution < 1.29 is 17.7 Å². The minimum absolute atomic E-state index is 0.0210. The average molecular weight is 467 g/mol. The van der Waals surface area contributed by atoms with Crippen LogP contribution in [-0.4, -0.2) is 34.7 Å². The maximum absolute atomic E-state index is 13.0.